The maximum absolute atomic E-state index is 12.9. The first-order valence-electron chi connectivity index (χ1n) is 14.2. The molecule has 2 rings (SSSR count). The normalized spacial score (nSPS) is 12.5. The molecule has 224 valence electrons. The molecule has 2 aromatic carbocycles. The molecule has 41 heavy (non-hydrogen) atoms. The highest BCUT2D eigenvalue weighted by atomic mass is 16.6. The fourth-order valence-corrected chi connectivity index (χ4v) is 4.17. The van der Waals surface area contributed by atoms with Crippen molar-refractivity contribution >= 4 is 24.0 Å². The minimum Gasteiger partial charge on any atom is -0.465 e. The van der Waals surface area contributed by atoms with Gasteiger partial charge in [-0.1, -0.05) is 79.9 Å². The molecule has 0 spiro atoms. The number of hydrogen-bond donors (Lipinski definition) is 5. The first kappa shape index (κ1) is 33.1. The first-order valence-corrected chi connectivity index (χ1v) is 14.2. The Balaban J connectivity index is 1.67. The lowest BCUT2D eigenvalue weighted by molar-refractivity contribution is -0.123. The third-order valence-electron chi connectivity index (χ3n) is 6.14. The highest BCUT2D eigenvalue weighted by Crippen LogP contribution is 2.09. The Morgan fingerprint density at radius 1 is 0.683 bits per heavy atom. The van der Waals surface area contributed by atoms with Gasteiger partial charge in [-0.05, 0) is 44.7 Å². The van der Waals surface area contributed by atoms with Crippen LogP contribution < -0.4 is 21.3 Å². The molecule has 0 unspecified atom stereocenters. The van der Waals surface area contributed by atoms with E-state index in [0.717, 1.165) is 43.2 Å². The molecular formula is C31H44N4O6. The molecule has 0 saturated carbocycles. The average Bonchev–Trinajstić information content (AvgIpc) is 2.91. The molecule has 0 saturated heterocycles. The molecule has 0 aromatic heterocycles. The second kappa shape index (κ2) is 17.6. The van der Waals surface area contributed by atoms with Gasteiger partial charge in [0.05, 0.1) is 0 Å². The van der Waals surface area contributed by atoms with Gasteiger partial charge in [-0.2, -0.15) is 0 Å². The summed E-state index contributed by atoms with van der Waals surface area (Å²) in [5, 5.41) is 19.8. The van der Waals surface area contributed by atoms with E-state index < -0.39 is 29.9 Å². The van der Waals surface area contributed by atoms with E-state index in [4.69, 9.17) is 9.84 Å². The van der Waals surface area contributed by atoms with Gasteiger partial charge >= 0.3 is 12.2 Å². The molecule has 0 fully saturated rings. The lowest BCUT2D eigenvalue weighted by Gasteiger charge is -2.23. The van der Waals surface area contributed by atoms with E-state index in [1.807, 2.05) is 60.7 Å². The number of amides is 4. The van der Waals surface area contributed by atoms with E-state index in [0.29, 0.717) is 19.5 Å². The molecule has 0 aliphatic rings. The van der Waals surface area contributed by atoms with Crippen molar-refractivity contribution in [2.75, 3.05) is 13.1 Å². The largest absolute Gasteiger partial charge is 0.465 e. The summed E-state index contributed by atoms with van der Waals surface area (Å²) in [4.78, 5) is 48.8. The SMILES string of the molecule is CC(C)(C)OC(=O)N[C@@H](Cc1ccccc1)C(=O)NCCCCCCCNC(=O)[C@H](Cc1ccccc1)NC(=O)O. The van der Waals surface area contributed by atoms with Crippen LogP contribution in [0.2, 0.25) is 0 Å². The Morgan fingerprint density at radius 3 is 1.51 bits per heavy atom. The third-order valence-corrected chi connectivity index (χ3v) is 6.14. The van der Waals surface area contributed by atoms with Crippen molar-refractivity contribution in [2.24, 2.45) is 0 Å². The summed E-state index contributed by atoms with van der Waals surface area (Å²) in [5.41, 5.74) is 1.14. The van der Waals surface area contributed by atoms with Crippen LogP contribution in [0.3, 0.4) is 0 Å². The third kappa shape index (κ3) is 14.8. The van der Waals surface area contributed by atoms with Crippen molar-refractivity contribution in [1.29, 1.82) is 0 Å². The minimum absolute atomic E-state index is 0.262. The maximum Gasteiger partial charge on any atom is 0.408 e. The van der Waals surface area contributed by atoms with Gasteiger partial charge in [0.25, 0.3) is 0 Å². The molecule has 0 radical (unpaired) electrons. The maximum atomic E-state index is 12.9. The van der Waals surface area contributed by atoms with Gasteiger partial charge in [0.2, 0.25) is 11.8 Å². The van der Waals surface area contributed by atoms with Crippen molar-refractivity contribution in [3.05, 3.63) is 71.8 Å². The molecule has 0 aliphatic heterocycles. The van der Waals surface area contributed by atoms with Crippen molar-refractivity contribution in [1.82, 2.24) is 21.3 Å². The summed E-state index contributed by atoms with van der Waals surface area (Å²) in [6.45, 7) is 6.25. The van der Waals surface area contributed by atoms with Crippen LogP contribution in [0.25, 0.3) is 0 Å². The number of carbonyl (C=O) groups is 4. The fourth-order valence-electron chi connectivity index (χ4n) is 4.17. The van der Waals surface area contributed by atoms with Gasteiger partial charge in [-0.3, -0.25) is 9.59 Å². The summed E-state index contributed by atoms with van der Waals surface area (Å²) in [6, 6.07) is 17.2. The van der Waals surface area contributed by atoms with Gasteiger partial charge in [-0.15, -0.1) is 0 Å². The predicted octanol–water partition coefficient (Wildman–Crippen LogP) is 4.18. The van der Waals surface area contributed by atoms with Crippen LogP contribution in [0.1, 0.15) is 64.0 Å². The van der Waals surface area contributed by atoms with Gasteiger partial charge in [0.15, 0.2) is 0 Å². The molecule has 10 nitrogen and oxygen atoms in total. The monoisotopic (exact) mass is 568 g/mol. The first-order chi connectivity index (χ1) is 19.5. The molecule has 4 amide bonds. The zero-order chi connectivity index (χ0) is 30.1. The Bertz CT molecular complexity index is 1090. The molecule has 0 bridgehead atoms. The number of hydrogen-bond acceptors (Lipinski definition) is 5. The van der Waals surface area contributed by atoms with Crippen LogP contribution in [0.15, 0.2) is 60.7 Å². The lowest BCUT2D eigenvalue weighted by Crippen LogP contribution is -2.49. The van der Waals surface area contributed by atoms with Crippen LogP contribution in [-0.4, -0.2) is 59.9 Å². The Kier molecular flexibility index (Phi) is 14.2. The minimum atomic E-state index is -1.24. The van der Waals surface area contributed by atoms with Gasteiger partial charge in [0, 0.05) is 25.9 Å². The molecular weight excluding hydrogens is 524 g/mol. The smallest absolute Gasteiger partial charge is 0.408 e. The second-order valence-corrected chi connectivity index (χ2v) is 10.9. The number of carbonyl (C=O) groups excluding carboxylic acids is 3. The number of carboxylic acid groups (broad SMARTS) is 1. The summed E-state index contributed by atoms with van der Waals surface area (Å²) >= 11 is 0. The van der Waals surface area contributed by atoms with Crippen LogP contribution in [0.4, 0.5) is 9.59 Å². The number of ether oxygens (including phenoxy) is 1. The second-order valence-electron chi connectivity index (χ2n) is 10.9. The molecule has 2 aromatic rings. The van der Waals surface area contributed by atoms with E-state index in [-0.39, 0.29) is 18.2 Å². The van der Waals surface area contributed by atoms with E-state index in [2.05, 4.69) is 21.3 Å². The fraction of sp³-hybridized carbons (Fsp3) is 0.484. The van der Waals surface area contributed by atoms with Crippen molar-refractivity contribution < 1.29 is 29.0 Å². The van der Waals surface area contributed by atoms with E-state index >= 15 is 0 Å². The number of unbranched alkanes of at least 4 members (excludes halogenated alkanes) is 4. The Morgan fingerprint density at radius 2 is 1.10 bits per heavy atom. The zero-order valence-electron chi connectivity index (χ0n) is 24.3. The van der Waals surface area contributed by atoms with E-state index in [9.17, 15) is 19.2 Å². The molecule has 10 heteroatoms. The van der Waals surface area contributed by atoms with E-state index in [1.54, 1.807) is 20.8 Å². The Hall–Kier alpha value is -4.08. The number of nitrogens with one attached hydrogen (secondary N) is 4. The molecule has 5 N–H and O–H groups in total. The summed E-state index contributed by atoms with van der Waals surface area (Å²) in [6.07, 6.45) is 3.03. The standard InChI is InChI=1S/C31H44N4O6/c1-31(2,3)41-30(40)35-26(22-24-17-11-8-12-18-24)28(37)33-20-14-6-4-5-13-19-32-27(36)25(34-29(38)39)21-23-15-9-7-10-16-23/h7-12,15-18,25-26,34H,4-6,13-14,19-22H2,1-3H3,(H,32,36)(H,33,37)(H,35,40)(H,38,39)/t25-,26-/m0/s1. The van der Waals surface area contributed by atoms with E-state index in [1.165, 1.54) is 0 Å². The van der Waals surface area contributed by atoms with Crippen molar-refractivity contribution in [3.8, 4) is 0 Å². The quantitative estimate of drug-likeness (QED) is 0.192. The van der Waals surface area contributed by atoms with Gasteiger partial charge < -0.3 is 31.1 Å². The topological polar surface area (TPSA) is 146 Å². The lowest BCUT2D eigenvalue weighted by atomic mass is 10.1. The van der Waals surface area contributed by atoms with Crippen LogP contribution in [0, 0.1) is 0 Å². The number of alkyl carbamates (subject to hydrolysis) is 1. The van der Waals surface area contributed by atoms with Crippen molar-refractivity contribution in [3.63, 3.8) is 0 Å². The van der Waals surface area contributed by atoms with Gasteiger partial charge in [0.1, 0.15) is 17.7 Å². The number of benzene rings is 2. The Labute approximate surface area is 242 Å². The molecule has 0 heterocycles. The van der Waals surface area contributed by atoms with Crippen LogP contribution in [-0.2, 0) is 27.2 Å². The average molecular weight is 569 g/mol. The number of rotatable bonds is 16. The van der Waals surface area contributed by atoms with Crippen LogP contribution >= 0.6 is 0 Å². The van der Waals surface area contributed by atoms with Crippen molar-refractivity contribution in [2.45, 2.75) is 83.4 Å². The summed E-state index contributed by atoms with van der Waals surface area (Å²) < 4.78 is 5.33. The highest BCUT2D eigenvalue weighted by Gasteiger charge is 2.24. The highest BCUT2D eigenvalue weighted by molar-refractivity contribution is 5.86. The van der Waals surface area contributed by atoms with Crippen LogP contribution in [0.5, 0.6) is 0 Å². The molecule has 2 atom stereocenters. The predicted molar refractivity (Wildman–Crippen MR) is 158 cm³/mol. The summed E-state index contributed by atoms with van der Waals surface area (Å²) in [5.74, 6) is -0.605. The summed E-state index contributed by atoms with van der Waals surface area (Å²) in [7, 11) is 0. The zero-order valence-corrected chi connectivity index (χ0v) is 24.3. The van der Waals surface area contributed by atoms with Gasteiger partial charge in [-0.25, -0.2) is 9.59 Å². The molecule has 0 aliphatic carbocycles.